The maximum absolute atomic E-state index is 13.4. The first kappa shape index (κ1) is 26.0. The topological polar surface area (TPSA) is 182 Å². The van der Waals surface area contributed by atoms with Gasteiger partial charge >= 0.3 is 11.8 Å². The number of carbonyl (C=O) groups is 3. The van der Waals surface area contributed by atoms with Crippen molar-refractivity contribution in [2.45, 2.75) is 39.9 Å². The van der Waals surface area contributed by atoms with E-state index in [2.05, 4.69) is 32.0 Å². The van der Waals surface area contributed by atoms with Crippen molar-refractivity contribution in [2.24, 2.45) is 11.1 Å². The van der Waals surface area contributed by atoms with Crippen LogP contribution in [0.5, 0.6) is 0 Å². The maximum atomic E-state index is 13.4. The summed E-state index contributed by atoms with van der Waals surface area (Å²) in [6, 6.07) is 15.6. The SMILES string of the molecule is CC(C)(C)C(NC(=O)c1nn(Cc2ccc(C#N)cc2)c2ccccc12)C(=O)NCc1nnc(C(N)=O)o1. The van der Waals surface area contributed by atoms with Gasteiger partial charge < -0.3 is 20.8 Å². The molecule has 194 valence electrons. The van der Waals surface area contributed by atoms with Crippen molar-refractivity contribution >= 4 is 28.6 Å². The van der Waals surface area contributed by atoms with Gasteiger partial charge in [0.1, 0.15) is 6.04 Å². The first-order valence-corrected chi connectivity index (χ1v) is 11.7. The molecule has 3 amide bonds. The molecule has 0 aliphatic rings. The molecule has 1 atom stereocenters. The maximum Gasteiger partial charge on any atom is 0.306 e. The van der Waals surface area contributed by atoms with Crippen LogP contribution in [0.1, 0.15) is 59.0 Å². The van der Waals surface area contributed by atoms with Crippen molar-refractivity contribution in [3.05, 3.63) is 77.1 Å². The molecule has 38 heavy (non-hydrogen) atoms. The fourth-order valence-corrected chi connectivity index (χ4v) is 3.84. The minimum absolute atomic E-state index is 0.00123. The van der Waals surface area contributed by atoms with Gasteiger partial charge in [-0.15, -0.1) is 10.2 Å². The van der Waals surface area contributed by atoms with Crippen LogP contribution < -0.4 is 16.4 Å². The first-order chi connectivity index (χ1) is 18.1. The molecule has 2 aromatic carbocycles. The third kappa shape index (κ3) is 5.67. The monoisotopic (exact) mass is 514 g/mol. The van der Waals surface area contributed by atoms with Crippen LogP contribution in [0.25, 0.3) is 10.9 Å². The number of primary amides is 1. The lowest BCUT2D eigenvalue weighted by atomic mass is 9.86. The average Bonchev–Trinajstić information content (AvgIpc) is 3.51. The van der Waals surface area contributed by atoms with Gasteiger partial charge in [-0.3, -0.25) is 19.1 Å². The molecule has 12 nitrogen and oxygen atoms in total. The van der Waals surface area contributed by atoms with Gasteiger partial charge in [-0.25, -0.2) is 0 Å². The Morgan fingerprint density at radius 3 is 2.45 bits per heavy atom. The van der Waals surface area contributed by atoms with E-state index in [9.17, 15) is 14.4 Å². The van der Waals surface area contributed by atoms with E-state index in [4.69, 9.17) is 15.4 Å². The summed E-state index contributed by atoms with van der Waals surface area (Å²) in [5, 5.41) is 26.9. The Balaban J connectivity index is 1.54. The van der Waals surface area contributed by atoms with E-state index in [0.717, 1.165) is 11.1 Å². The minimum atomic E-state index is -0.934. The van der Waals surface area contributed by atoms with Gasteiger partial charge in [0.05, 0.1) is 30.2 Å². The average molecular weight is 515 g/mol. The molecule has 4 rings (SSSR count). The van der Waals surface area contributed by atoms with E-state index < -0.39 is 29.2 Å². The van der Waals surface area contributed by atoms with E-state index in [1.54, 1.807) is 22.9 Å². The number of benzene rings is 2. The van der Waals surface area contributed by atoms with Gasteiger partial charge in [0.2, 0.25) is 11.8 Å². The number of amides is 3. The van der Waals surface area contributed by atoms with Crippen molar-refractivity contribution < 1.29 is 18.8 Å². The van der Waals surface area contributed by atoms with Crippen molar-refractivity contribution in [3.8, 4) is 6.07 Å². The van der Waals surface area contributed by atoms with Crippen LogP contribution in [0, 0.1) is 16.7 Å². The highest BCUT2D eigenvalue weighted by Gasteiger charge is 2.34. The van der Waals surface area contributed by atoms with E-state index in [1.165, 1.54) is 0 Å². The Hall–Kier alpha value is -5.05. The van der Waals surface area contributed by atoms with E-state index >= 15 is 0 Å². The summed E-state index contributed by atoms with van der Waals surface area (Å²) in [6.07, 6.45) is 0. The Morgan fingerprint density at radius 2 is 1.82 bits per heavy atom. The van der Waals surface area contributed by atoms with Crippen LogP contribution in [-0.2, 0) is 17.9 Å². The smallest absolute Gasteiger partial charge is 0.306 e. The minimum Gasteiger partial charge on any atom is -0.415 e. The number of aromatic nitrogens is 4. The first-order valence-electron chi connectivity index (χ1n) is 11.7. The van der Waals surface area contributed by atoms with Crippen LogP contribution in [0.2, 0.25) is 0 Å². The second kappa shape index (κ2) is 10.5. The van der Waals surface area contributed by atoms with Gasteiger partial charge in [-0.2, -0.15) is 10.4 Å². The highest BCUT2D eigenvalue weighted by atomic mass is 16.4. The molecule has 0 saturated carbocycles. The Kier molecular flexibility index (Phi) is 7.20. The van der Waals surface area contributed by atoms with E-state index in [1.807, 2.05) is 51.1 Å². The van der Waals surface area contributed by atoms with E-state index in [-0.39, 0.29) is 24.0 Å². The summed E-state index contributed by atoms with van der Waals surface area (Å²) in [5.74, 6) is -2.23. The molecule has 2 heterocycles. The van der Waals surface area contributed by atoms with Gasteiger partial charge in [-0.1, -0.05) is 51.1 Å². The molecule has 1 unspecified atom stereocenters. The van der Waals surface area contributed by atoms with Crippen LogP contribution in [-0.4, -0.2) is 43.7 Å². The molecule has 0 fully saturated rings. The number of fused-ring (bicyclic) bond motifs is 1. The molecule has 0 radical (unpaired) electrons. The van der Waals surface area contributed by atoms with Gasteiger partial charge in [0, 0.05) is 5.39 Å². The van der Waals surface area contributed by atoms with Crippen LogP contribution in [0.15, 0.2) is 52.9 Å². The highest BCUT2D eigenvalue weighted by Crippen LogP contribution is 2.23. The summed E-state index contributed by atoms with van der Waals surface area (Å²) in [7, 11) is 0. The van der Waals surface area contributed by atoms with Crippen molar-refractivity contribution in [2.75, 3.05) is 0 Å². The number of nitriles is 1. The number of carbonyl (C=O) groups excluding carboxylic acids is 3. The summed E-state index contributed by atoms with van der Waals surface area (Å²) >= 11 is 0. The van der Waals surface area contributed by atoms with Crippen LogP contribution in [0.3, 0.4) is 0 Å². The summed E-state index contributed by atoms with van der Waals surface area (Å²) < 4.78 is 6.81. The Bertz CT molecular complexity index is 1540. The lowest BCUT2D eigenvalue weighted by molar-refractivity contribution is -0.125. The number of hydrogen-bond acceptors (Lipinski definition) is 8. The molecule has 0 aliphatic carbocycles. The molecule has 4 N–H and O–H groups in total. The van der Waals surface area contributed by atoms with Gasteiger partial charge in [0.25, 0.3) is 5.91 Å². The molecular weight excluding hydrogens is 488 g/mol. The Labute approximate surface area is 217 Å². The van der Waals surface area contributed by atoms with Crippen molar-refractivity contribution in [3.63, 3.8) is 0 Å². The quantitative estimate of drug-likeness (QED) is 0.318. The normalized spacial score (nSPS) is 12.1. The molecule has 12 heteroatoms. The standard InChI is InChI=1S/C26H26N8O4/c1-26(2,3)21(24(37)29-13-19-31-32-25(38-19)22(28)35)30-23(36)20-17-6-4-5-7-18(17)34(33-20)14-16-10-8-15(12-27)9-11-16/h4-11,21H,13-14H2,1-3H3,(H2,28,35)(H,29,37)(H,30,36). The zero-order valence-corrected chi connectivity index (χ0v) is 21.1. The highest BCUT2D eigenvalue weighted by molar-refractivity contribution is 6.06. The molecule has 2 aromatic heterocycles. The molecule has 0 spiro atoms. The molecule has 0 aliphatic heterocycles. The predicted molar refractivity (Wildman–Crippen MR) is 135 cm³/mol. The fraction of sp³-hybridized carbons (Fsp3) is 0.269. The second-order valence-corrected chi connectivity index (χ2v) is 9.69. The predicted octanol–water partition coefficient (Wildman–Crippen LogP) is 1.90. The number of para-hydroxylation sites is 1. The fourth-order valence-electron chi connectivity index (χ4n) is 3.84. The Morgan fingerprint density at radius 1 is 1.11 bits per heavy atom. The number of nitrogens with one attached hydrogen (secondary N) is 2. The number of rotatable bonds is 8. The van der Waals surface area contributed by atoms with Crippen LogP contribution in [0.4, 0.5) is 0 Å². The summed E-state index contributed by atoms with van der Waals surface area (Å²) in [6.45, 7) is 5.69. The zero-order valence-electron chi connectivity index (χ0n) is 21.1. The number of nitrogens with zero attached hydrogens (tertiary/aromatic N) is 5. The lowest BCUT2D eigenvalue weighted by Crippen LogP contribution is -2.53. The van der Waals surface area contributed by atoms with Gasteiger partial charge in [-0.05, 0) is 29.2 Å². The summed E-state index contributed by atoms with van der Waals surface area (Å²) in [4.78, 5) is 37.6. The third-order valence-electron chi connectivity index (χ3n) is 5.78. The van der Waals surface area contributed by atoms with Crippen molar-refractivity contribution in [1.82, 2.24) is 30.6 Å². The van der Waals surface area contributed by atoms with Gasteiger partial charge in [0.15, 0.2) is 5.69 Å². The zero-order chi connectivity index (χ0) is 27.4. The molecule has 0 bridgehead atoms. The number of hydrogen-bond donors (Lipinski definition) is 3. The second-order valence-electron chi connectivity index (χ2n) is 9.69. The largest absolute Gasteiger partial charge is 0.415 e. The number of nitrogens with two attached hydrogens (primary N) is 1. The molecular formula is C26H26N8O4. The lowest BCUT2D eigenvalue weighted by Gasteiger charge is -2.30. The van der Waals surface area contributed by atoms with E-state index in [0.29, 0.717) is 17.5 Å². The van der Waals surface area contributed by atoms with Crippen LogP contribution >= 0.6 is 0 Å². The molecule has 4 aromatic rings. The van der Waals surface area contributed by atoms with Crippen molar-refractivity contribution in [1.29, 1.82) is 5.26 Å². The summed E-state index contributed by atoms with van der Waals surface area (Å²) in [5.41, 5.74) is 6.84. The molecule has 0 saturated heterocycles. The third-order valence-corrected chi connectivity index (χ3v) is 5.78.